The van der Waals surface area contributed by atoms with Gasteiger partial charge in [0.15, 0.2) is 5.58 Å². The second kappa shape index (κ2) is 8.72. The lowest BCUT2D eigenvalue weighted by Gasteiger charge is -2.23. The Morgan fingerprint density at radius 2 is 1.66 bits per heavy atom. The number of fused-ring (bicyclic) bond motifs is 1. The summed E-state index contributed by atoms with van der Waals surface area (Å²) in [5.74, 6) is 0.0774. The minimum Gasteiger partial charge on any atom is -0.454 e. The number of amides is 2. The van der Waals surface area contributed by atoms with E-state index in [0.717, 1.165) is 22.4 Å². The number of hydroxylamine groups is 1. The van der Waals surface area contributed by atoms with E-state index in [2.05, 4.69) is 5.32 Å². The van der Waals surface area contributed by atoms with Crippen molar-refractivity contribution in [3.63, 3.8) is 0 Å². The Morgan fingerprint density at radius 1 is 0.969 bits per heavy atom. The predicted octanol–water partition coefficient (Wildman–Crippen LogP) is 4.68. The lowest BCUT2D eigenvalue weighted by atomic mass is 9.95. The summed E-state index contributed by atoms with van der Waals surface area (Å²) in [5, 5.41) is 11.9. The molecule has 2 heterocycles. The summed E-state index contributed by atoms with van der Waals surface area (Å²) in [7, 11) is 1.84. The molecule has 7 heteroatoms. The molecule has 0 saturated carbocycles. The maximum atomic E-state index is 13.1. The van der Waals surface area contributed by atoms with E-state index in [1.807, 2.05) is 61.9 Å². The largest absolute Gasteiger partial charge is 0.454 e. The van der Waals surface area contributed by atoms with Crippen molar-refractivity contribution >= 4 is 22.9 Å². The van der Waals surface area contributed by atoms with Crippen LogP contribution in [0.1, 0.15) is 46.3 Å². The predicted molar refractivity (Wildman–Crippen MR) is 121 cm³/mol. The van der Waals surface area contributed by atoms with Crippen molar-refractivity contribution < 1.29 is 19.2 Å². The van der Waals surface area contributed by atoms with Crippen molar-refractivity contribution in [1.82, 2.24) is 15.4 Å². The number of nitrogens with one attached hydrogen (secondary N) is 2. The van der Waals surface area contributed by atoms with Crippen molar-refractivity contribution in [1.29, 1.82) is 0 Å². The van der Waals surface area contributed by atoms with Crippen molar-refractivity contribution in [2.45, 2.75) is 19.9 Å². The van der Waals surface area contributed by atoms with Crippen LogP contribution in [0.3, 0.4) is 0 Å². The Bertz CT molecular complexity index is 1250. The van der Waals surface area contributed by atoms with Crippen LogP contribution in [-0.2, 0) is 7.05 Å². The van der Waals surface area contributed by atoms with Crippen LogP contribution in [0.25, 0.3) is 22.4 Å². The smallest absolute Gasteiger partial charge is 0.274 e. The molecular weight excluding hydrogens is 406 g/mol. The van der Waals surface area contributed by atoms with Gasteiger partial charge in [0.2, 0.25) is 0 Å². The number of furan rings is 1. The summed E-state index contributed by atoms with van der Waals surface area (Å²) >= 11 is 0. The van der Waals surface area contributed by atoms with Gasteiger partial charge in [-0.15, -0.1) is 0 Å². The minimum atomic E-state index is -0.581. The van der Waals surface area contributed by atoms with Gasteiger partial charge in [0.25, 0.3) is 11.8 Å². The number of carbonyl (C=O) groups is 2. The second-order valence-corrected chi connectivity index (χ2v) is 8.07. The zero-order chi connectivity index (χ0) is 22.8. The standard InChI is InChI=1S/C25H25N3O4/c1-15(2)23(17-9-11-18(12-10-17)24(29)27-31)26-25(30)20-14-22-19(28(20)3)13-21(32-22)16-7-5-4-6-8-16/h4-15,23,31H,1-3H3,(H,26,30)(H,27,29). The Labute approximate surface area is 185 Å². The summed E-state index contributed by atoms with van der Waals surface area (Å²) in [5.41, 5.74) is 5.79. The van der Waals surface area contributed by atoms with Crippen molar-refractivity contribution in [2.24, 2.45) is 13.0 Å². The first-order chi connectivity index (χ1) is 15.4. The lowest BCUT2D eigenvalue weighted by molar-refractivity contribution is 0.0706. The molecule has 0 aliphatic rings. The SMILES string of the molecule is CC(C)C(NC(=O)c1cc2oc(-c3ccccc3)cc2n1C)c1ccc(C(=O)NO)cc1. The summed E-state index contributed by atoms with van der Waals surface area (Å²) < 4.78 is 7.82. The number of hydrogen-bond donors (Lipinski definition) is 3. The van der Waals surface area contributed by atoms with Gasteiger partial charge in [-0.3, -0.25) is 14.8 Å². The quantitative estimate of drug-likeness (QED) is 0.305. The van der Waals surface area contributed by atoms with E-state index in [1.165, 1.54) is 0 Å². The monoisotopic (exact) mass is 431 g/mol. The molecule has 0 aliphatic heterocycles. The Balaban J connectivity index is 1.58. The van der Waals surface area contributed by atoms with Crippen LogP contribution in [0.4, 0.5) is 0 Å². The molecule has 1 atom stereocenters. The number of rotatable bonds is 6. The first kappa shape index (κ1) is 21.4. The van der Waals surface area contributed by atoms with E-state index in [9.17, 15) is 9.59 Å². The zero-order valence-electron chi connectivity index (χ0n) is 18.1. The number of nitrogens with zero attached hydrogens (tertiary/aromatic N) is 1. The molecule has 164 valence electrons. The maximum Gasteiger partial charge on any atom is 0.274 e. The maximum absolute atomic E-state index is 13.1. The van der Waals surface area contributed by atoms with E-state index < -0.39 is 5.91 Å². The van der Waals surface area contributed by atoms with Gasteiger partial charge in [0.1, 0.15) is 11.5 Å². The summed E-state index contributed by atoms with van der Waals surface area (Å²) in [4.78, 5) is 24.7. The fourth-order valence-corrected chi connectivity index (χ4v) is 3.83. The molecule has 0 bridgehead atoms. The topological polar surface area (TPSA) is 96.5 Å². The molecule has 32 heavy (non-hydrogen) atoms. The highest BCUT2D eigenvalue weighted by Crippen LogP contribution is 2.30. The fourth-order valence-electron chi connectivity index (χ4n) is 3.83. The number of aromatic nitrogens is 1. The molecule has 3 N–H and O–H groups in total. The van der Waals surface area contributed by atoms with Crippen LogP contribution < -0.4 is 10.8 Å². The third kappa shape index (κ3) is 4.02. The molecule has 4 rings (SSSR count). The van der Waals surface area contributed by atoms with E-state index in [4.69, 9.17) is 9.62 Å². The second-order valence-electron chi connectivity index (χ2n) is 8.07. The van der Waals surface area contributed by atoms with Gasteiger partial charge in [-0.2, -0.15) is 0 Å². The van der Waals surface area contributed by atoms with Crippen molar-refractivity contribution in [2.75, 3.05) is 0 Å². The normalized spacial score (nSPS) is 12.2. The van der Waals surface area contributed by atoms with Crippen molar-refractivity contribution in [3.05, 3.63) is 83.6 Å². The average molecular weight is 431 g/mol. The van der Waals surface area contributed by atoms with Gasteiger partial charge in [-0.25, -0.2) is 5.48 Å². The Kier molecular flexibility index (Phi) is 5.83. The molecule has 0 aliphatic carbocycles. The molecule has 0 spiro atoms. The molecule has 0 saturated heterocycles. The molecule has 4 aromatic rings. The average Bonchev–Trinajstić information content (AvgIpc) is 3.37. The summed E-state index contributed by atoms with van der Waals surface area (Å²) in [6.07, 6.45) is 0. The van der Waals surface area contributed by atoms with Gasteiger partial charge in [0.05, 0.1) is 11.6 Å². The van der Waals surface area contributed by atoms with Crippen LogP contribution in [-0.4, -0.2) is 21.6 Å². The van der Waals surface area contributed by atoms with Crippen LogP contribution >= 0.6 is 0 Å². The van der Waals surface area contributed by atoms with E-state index in [1.54, 1.807) is 35.8 Å². The van der Waals surface area contributed by atoms with Crippen LogP contribution in [0.5, 0.6) is 0 Å². The molecule has 0 radical (unpaired) electrons. The van der Waals surface area contributed by atoms with Crippen LogP contribution in [0.2, 0.25) is 0 Å². The number of aryl methyl sites for hydroxylation is 1. The van der Waals surface area contributed by atoms with E-state index >= 15 is 0 Å². The minimum absolute atomic E-state index is 0.115. The number of hydrogen-bond acceptors (Lipinski definition) is 4. The molecule has 2 aromatic carbocycles. The summed E-state index contributed by atoms with van der Waals surface area (Å²) in [6, 6.07) is 20.0. The van der Waals surface area contributed by atoms with Crippen LogP contribution in [0, 0.1) is 5.92 Å². The molecule has 0 fully saturated rings. The molecule has 7 nitrogen and oxygen atoms in total. The Morgan fingerprint density at radius 3 is 2.25 bits per heavy atom. The van der Waals surface area contributed by atoms with Gasteiger partial charge < -0.3 is 14.3 Å². The highest BCUT2D eigenvalue weighted by molar-refractivity contribution is 5.98. The molecule has 2 amide bonds. The summed E-state index contributed by atoms with van der Waals surface area (Å²) in [6.45, 7) is 4.03. The number of carbonyl (C=O) groups excluding carboxylic acids is 2. The first-order valence-corrected chi connectivity index (χ1v) is 10.4. The van der Waals surface area contributed by atoms with Gasteiger partial charge >= 0.3 is 0 Å². The highest BCUT2D eigenvalue weighted by atomic mass is 16.5. The number of benzene rings is 2. The molecule has 2 aromatic heterocycles. The molecule has 1 unspecified atom stereocenters. The zero-order valence-corrected chi connectivity index (χ0v) is 18.1. The van der Waals surface area contributed by atoms with E-state index in [-0.39, 0.29) is 17.9 Å². The van der Waals surface area contributed by atoms with Crippen LogP contribution in [0.15, 0.2) is 71.1 Å². The molecular formula is C25H25N3O4. The van der Waals surface area contributed by atoms with Gasteiger partial charge in [0, 0.05) is 30.3 Å². The van der Waals surface area contributed by atoms with Gasteiger partial charge in [-0.1, -0.05) is 56.3 Å². The third-order valence-corrected chi connectivity index (χ3v) is 5.61. The van der Waals surface area contributed by atoms with Gasteiger partial charge in [-0.05, 0) is 23.6 Å². The van der Waals surface area contributed by atoms with E-state index in [0.29, 0.717) is 16.8 Å². The highest BCUT2D eigenvalue weighted by Gasteiger charge is 2.23. The third-order valence-electron chi connectivity index (χ3n) is 5.61. The van der Waals surface area contributed by atoms with Crippen molar-refractivity contribution in [3.8, 4) is 11.3 Å². The Hall–Kier alpha value is -3.84. The lowest BCUT2D eigenvalue weighted by Crippen LogP contribution is -2.33. The first-order valence-electron chi connectivity index (χ1n) is 10.4. The fraction of sp³-hybridized carbons (Fsp3) is 0.200.